The Morgan fingerprint density at radius 1 is 1.06 bits per heavy atom. The second-order valence-corrected chi connectivity index (χ2v) is 9.13. The third kappa shape index (κ3) is 4.25. The van der Waals surface area contributed by atoms with Crippen LogP contribution < -0.4 is 4.90 Å². The largest absolute Gasteiger partial charge is 0.334 e. The van der Waals surface area contributed by atoms with Crippen molar-refractivity contribution in [2.24, 2.45) is 0 Å². The number of benzene rings is 2. The van der Waals surface area contributed by atoms with Gasteiger partial charge in [-0.05, 0) is 29.3 Å². The Balaban J connectivity index is 1.22. The van der Waals surface area contributed by atoms with Crippen molar-refractivity contribution in [2.45, 2.75) is 12.5 Å². The van der Waals surface area contributed by atoms with Crippen molar-refractivity contribution in [1.29, 1.82) is 5.26 Å². The van der Waals surface area contributed by atoms with E-state index in [-0.39, 0.29) is 17.9 Å². The molecule has 3 heterocycles. The lowest BCUT2D eigenvalue weighted by Gasteiger charge is -2.37. The third-order valence-electron chi connectivity index (χ3n) is 6.38. The van der Waals surface area contributed by atoms with Crippen LogP contribution >= 0.6 is 11.3 Å². The van der Waals surface area contributed by atoms with E-state index in [1.54, 1.807) is 6.20 Å². The van der Waals surface area contributed by atoms with E-state index in [1.165, 1.54) is 11.3 Å². The van der Waals surface area contributed by atoms with E-state index >= 15 is 0 Å². The molecule has 1 aromatic heterocycles. The van der Waals surface area contributed by atoms with Crippen LogP contribution in [0.2, 0.25) is 0 Å². The van der Waals surface area contributed by atoms with E-state index in [2.05, 4.69) is 16.0 Å². The van der Waals surface area contributed by atoms with Gasteiger partial charge in [0.05, 0.1) is 11.6 Å². The molecule has 0 radical (unpaired) electrons. The van der Waals surface area contributed by atoms with Crippen molar-refractivity contribution in [3.05, 3.63) is 70.7 Å². The number of thiazole rings is 1. The highest BCUT2D eigenvalue weighted by atomic mass is 32.1. The second-order valence-electron chi connectivity index (χ2n) is 8.23. The minimum atomic E-state index is -0.00756. The summed E-state index contributed by atoms with van der Waals surface area (Å²) in [5.41, 5.74) is 3.36. The van der Waals surface area contributed by atoms with E-state index in [0.29, 0.717) is 36.6 Å². The molecule has 166 valence electrons. The molecule has 0 spiro atoms. The van der Waals surface area contributed by atoms with Gasteiger partial charge in [-0.2, -0.15) is 5.26 Å². The van der Waals surface area contributed by atoms with Gasteiger partial charge in [-0.3, -0.25) is 14.5 Å². The third-order valence-corrected chi connectivity index (χ3v) is 7.14. The average Bonchev–Trinajstić information content (AvgIpc) is 3.54. The number of amides is 2. The first-order valence-electron chi connectivity index (χ1n) is 11.0. The van der Waals surface area contributed by atoms with Crippen LogP contribution in [0.25, 0.3) is 11.1 Å². The minimum Gasteiger partial charge on any atom is -0.334 e. The van der Waals surface area contributed by atoms with Gasteiger partial charge in [0.1, 0.15) is 0 Å². The monoisotopic (exact) mass is 457 g/mol. The molecule has 0 bridgehead atoms. The molecule has 2 saturated heterocycles. The minimum absolute atomic E-state index is 0.00756. The Morgan fingerprint density at radius 2 is 1.82 bits per heavy atom. The van der Waals surface area contributed by atoms with Gasteiger partial charge >= 0.3 is 0 Å². The summed E-state index contributed by atoms with van der Waals surface area (Å²) in [4.78, 5) is 35.5. The molecular formula is C25H23N5O2S. The quantitative estimate of drug-likeness (QED) is 0.601. The summed E-state index contributed by atoms with van der Waals surface area (Å²) in [5.74, 6) is 0.110. The number of anilines is 1. The summed E-state index contributed by atoms with van der Waals surface area (Å²) >= 11 is 1.37. The highest BCUT2D eigenvalue weighted by Crippen LogP contribution is 2.29. The number of piperazine rings is 1. The van der Waals surface area contributed by atoms with Gasteiger partial charge in [0.2, 0.25) is 5.91 Å². The van der Waals surface area contributed by atoms with Crippen LogP contribution in [0.1, 0.15) is 21.8 Å². The Hall–Kier alpha value is -3.54. The molecule has 1 atom stereocenters. The zero-order valence-corrected chi connectivity index (χ0v) is 18.9. The van der Waals surface area contributed by atoms with Crippen molar-refractivity contribution in [3.63, 3.8) is 0 Å². The van der Waals surface area contributed by atoms with Gasteiger partial charge in [-0.25, -0.2) is 4.98 Å². The molecule has 5 rings (SSSR count). The van der Waals surface area contributed by atoms with Gasteiger partial charge in [-0.1, -0.05) is 30.3 Å². The number of carbonyl (C=O) groups is 2. The summed E-state index contributed by atoms with van der Waals surface area (Å²) in [6, 6.07) is 17.7. The van der Waals surface area contributed by atoms with E-state index in [4.69, 9.17) is 0 Å². The maximum atomic E-state index is 12.8. The highest BCUT2D eigenvalue weighted by Gasteiger charge is 2.36. The zero-order chi connectivity index (χ0) is 22.8. The molecule has 2 aliphatic heterocycles. The van der Waals surface area contributed by atoms with Crippen LogP contribution in [-0.2, 0) is 4.79 Å². The second kappa shape index (κ2) is 9.14. The standard InChI is InChI=1S/C25H23N5O2S/c26-16-19-3-1-2-4-22(19)18-5-7-20(8-6-18)30-17-21(15-23(30)31)28-10-12-29(13-11-28)25(32)24-27-9-14-33-24/h1-9,14,21H,10-13,15,17H2. The highest BCUT2D eigenvalue weighted by molar-refractivity contribution is 7.11. The first kappa shape index (κ1) is 21.3. The smallest absolute Gasteiger partial charge is 0.282 e. The Labute approximate surface area is 196 Å². The topological polar surface area (TPSA) is 80.5 Å². The molecule has 33 heavy (non-hydrogen) atoms. The molecule has 2 aromatic carbocycles. The maximum Gasteiger partial charge on any atom is 0.282 e. The van der Waals surface area contributed by atoms with E-state index in [1.807, 2.05) is 63.7 Å². The van der Waals surface area contributed by atoms with Crippen LogP contribution in [0.4, 0.5) is 5.69 Å². The van der Waals surface area contributed by atoms with Crippen LogP contribution in [0.3, 0.4) is 0 Å². The molecule has 0 N–H and O–H groups in total. The van der Waals surface area contributed by atoms with Gasteiger partial charge in [0, 0.05) is 62.5 Å². The molecular weight excluding hydrogens is 434 g/mol. The van der Waals surface area contributed by atoms with Crippen LogP contribution in [-0.4, -0.2) is 65.4 Å². The fourth-order valence-corrected chi connectivity index (χ4v) is 5.19. The van der Waals surface area contributed by atoms with E-state index in [9.17, 15) is 14.9 Å². The summed E-state index contributed by atoms with van der Waals surface area (Å²) in [6.07, 6.45) is 2.14. The lowest BCUT2D eigenvalue weighted by Crippen LogP contribution is -2.52. The molecule has 2 aliphatic rings. The summed E-state index contributed by atoms with van der Waals surface area (Å²) in [7, 11) is 0. The number of nitrogens with zero attached hydrogens (tertiary/aromatic N) is 5. The van der Waals surface area contributed by atoms with Gasteiger partial charge in [0.25, 0.3) is 5.91 Å². The first-order chi connectivity index (χ1) is 16.1. The van der Waals surface area contributed by atoms with Crippen molar-refractivity contribution in [3.8, 4) is 17.2 Å². The zero-order valence-electron chi connectivity index (χ0n) is 18.1. The van der Waals surface area contributed by atoms with E-state index in [0.717, 1.165) is 29.9 Å². The van der Waals surface area contributed by atoms with Crippen molar-refractivity contribution >= 4 is 28.8 Å². The summed E-state index contributed by atoms with van der Waals surface area (Å²) in [6.45, 7) is 3.46. The number of carbonyl (C=O) groups excluding carboxylic acids is 2. The average molecular weight is 458 g/mol. The lowest BCUT2D eigenvalue weighted by atomic mass is 10.0. The number of rotatable bonds is 4. The predicted octanol–water partition coefficient (Wildman–Crippen LogP) is 3.25. The first-order valence-corrected chi connectivity index (χ1v) is 11.8. The number of hydrogen-bond acceptors (Lipinski definition) is 6. The van der Waals surface area contributed by atoms with Crippen LogP contribution in [0.15, 0.2) is 60.1 Å². The predicted molar refractivity (Wildman–Crippen MR) is 127 cm³/mol. The van der Waals surface area contributed by atoms with Crippen molar-refractivity contribution in [2.75, 3.05) is 37.6 Å². The molecule has 2 amide bonds. The van der Waals surface area contributed by atoms with Crippen molar-refractivity contribution < 1.29 is 9.59 Å². The van der Waals surface area contributed by atoms with Gasteiger partial charge in [0.15, 0.2) is 5.01 Å². The van der Waals surface area contributed by atoms with Crippen molar-refractivity contribution in [1.82, 2.24) is 14.8 Å². The van der Waals surface area contributed by atoms with E-state index < -0.39 is 0 Å². The Bertz CT molecular complexity index is 1190. The molecule has 0 saturated carbocycles. The maximum absolute atomic E-state index is 12.8. The molecule has 0 aliphatic carbocycles. The molecule has 2 fully saturated rings. The summed E-state index contributed by atoms with van der Waals surface area (Å²) in [5, 5.41) is 11.7. The van der Waals surface area contributed by atoms with Crippen LogP contribution in [0.5, 0.6) is 0 Å². The van der Waals surface area contributed by atoms with Gasteiger partial charge in [-0.15, -0.1) is 11.3 Å². The SMILES string of the molecule is N#Cc1ccccc1-c1ccc(N2CC(N3CCN(C(=O)c4nccs4)CC3)CC2=O)cc1. The van der Waals surface area contributed by atoms with Gasteiger partial charge < -0.3 is 9.80 Å². The fraction of sp³-hybridized carbons (Fsp3) is 0.280. The molecule has 7 nitrogen and oxygen atoms in total. The van der Waals surface area contributed by atoms with Crippen LogP contribution in [0, 0.1) is 11.3 Å². The molecule has 8 heteroatoms. The Kier molecular flexibility index (Phi) is 5.90. The normalized spacial score (nSPS) is 19.0. The fourth-order valence-electron chi connectivity index (χ4n) is 4.59. The summed E-state index contributed by atoms with van der Waals surface area (Å²) < 4.78 is 0. The molecule has 3 aromatic rings. The Morgan fingerprint density at radius 3 is 2.52 bits per heavy atom. The molecule has 1 unspecified atom stereocenters. The number of nitriles is 1. The number of aromatic nitrogens is 1. The number of hydrogen-bond donors (Lipinski definition) is 0. The lowest BCUT2D eigenvalue weighted by molar-refractivity contribution is -0.117.